The summed E-state index contributed by atoms with van der Waals surface area (Å²) in [5.41, 5.74) is 0.646. The van der Waals surface area contributed by atoms with Gasteiger partial charge in [0.1, 0.15) is 5.75 Å². The van der Waals surface area contributed by atoms with Crippen LogP contribution in [-0.4, -0.2) is 49.8 Å². The van der Waals surface area contributed by atoms with Gasteiger partial charge in [0.2, 0.25) is 0 Å². The van der Waals surface area contributed by atoms with Crippen LogP contribution in [0, 0.1) is 0 Å². The Morgan fingerprint density at radius 3 is 2.58 bits per heavy atom. The molecule has 1 aromatic heterocycles. The van der Waals surface area contributed by atoms with Crippen LogP contribution in [0.5, 0.6) is 5.75 Å². The van der Waals surface area contributed by atoms with E-state index in [4.69, 9.17) is 9.47 Å². The number of morpholine rings is 1. The van der Waals surface area contributed by atoms with Crippen molar-refractivity contribution in [1.82, 2.24) is 10.2 Å². The highest BCUT2D eigenvalue weighted by atomic mass is 32.1. The van der Waals surface area contributed by atoms with Gasteiger partial charge in [0.15, 0.2) is 0 Å². The summed E-state index contributed by atoms with van der Waals surface area (Å²) in [6.07, 6.45) is 0.120. The molecule has 0 radical (unpaired) electrons. The number of hydrogen-bond acceptors (Lipinski definition) is 5. The molecule has 2 aromatic rings. The SMILES string of the molecule is CC(C)Oc1ccc(C(=O)NC[C@@H](c2cccs2)N2CCOCC2)cc1. The topological polar surface area (TPSA) is 50.8 Å². The maximum absolute atomic E-state index is 12.5. The summed E-state index contributed by atoms with van der Waals surface area (Å²) < 4.78 is 11.1. The van der Waals surface area contributed by atoms with E-state index in [1.165, 1.54) is 4.88 Å². The van der Waals surface area contributed by atoms with Crippen molar-refractivity contribution in [3.63, 3.8) is 0 Å². The number of rotatable bonds is 7. The molecule has 1 amide bonds. The number of hydrogen-bond donors (Lipinski definition) is 1. The number of nitrogens with one attached hydrogen (secondary N) is 1. The average Bonchev–Trinajstić information content (AvgIpc) is 3.17. The van der Waals surface area contributed by atoms with Gasteiger partial charge in [0, 0.05) is 30.1 Å². The van der Waals surface area contributed by atoms with E-state index in [2.05, 4.69) is 27.7 Å². The number of ether oxygens (including phenoxy) is 2. The molecule has 0 spiro atoms. The Hall–Kier alpha value is -1.89. The smallest absolute Gasteiger partial charge is 0.251 e. The third-order valence-corrected chi connectivity index (χ3v) is 5.28. The summed E-state index contributed by atoms with van der Waals surface area (Å²) in [7, 11) is 0. The molecule has 0 bridgehead atoms. The van der Waals surface area contributed by atoms with E-state index in [1.54, 1.807) is 11.3 Å². The van der Waals surface area contributed by atoms with Crippen molar-refractivity contribution in [2.45, 2.75) is 26.0 Å². The molecular weight excluding hydrogens is 348 g/mol. The number of benzene rings is 1. The van der Waals surface area contributed by atoms with Gasteiger partial charge in [-0.25, -0.2) is 0 Å². The van der Waals surface area contributed by atoms with E-state index in [1.807, 2.05) is 38.1 Å². The van der Waals surface area contributed by atoms with Gasteiger partial charge in [0.25, 0.3) is 5.91 Å². The second-order valence-corrected chi connectivity index (χ2v) is 7.56. The Labute approximate surface area is 158 Å². The van der Waals surface area contributed by atoms with Crippen LogP contribution in [0.25, 0.3) is 0 Å². The molecule has 1 aliphatic heterocycles. The molecule has 0 saturated carbocycles. The minimum atomic E-state index is -0.0593. The predicted molar refractivity (Wildman–Crippen MR) is 104 cm³/mol. The number of thiophene rings is 1. The van der Waals surface area contributed by atoms with Gasteiger partial charge in [-0.1, -0.05) is 6.07 Å². The zero-order chi connectivity index (χ0) is 18.4. The third-order valence-electron chi connectivity index (χ3n) is 4.30. The lowest BCUT2D eigenvalue weighted by Gasteiger charge is -2.34. The molecule has 26 heavy (non-hydrogen) atoms. The van der Waals surface area contributed by atoms with Crippen LogP contribution >= 0.6 is 11.3 Å². The lowest BCUT2D eigenvalue weighted by atomic mass is 10.1. The summed E-state index contributed by atoms with van der Waals surface area (Å²) in [6, 6.07) is 11.7. The van der Waals surface area contributed by atoms with Crippen molar-refractivity contribution in [3.05, 3.63) is 52.2 Å². The molecule has 1 atom stereocenters. The van der Waals surface area contributed by atoms with Crippen LogP contribution in [0.15, 0.2) is 41.8 Å². The van der Waals surface area contributed by atoms with Crippen LogP contribution in [0.4, 0.5) is 0 Å². The van der Waals surface area contributed by atoms with E-state index in [9.17, 15) is 4.79 Å². The van der Waals surface area contributed by atoms with Gasteiger partial charge in [-0.15, -0.1) is 11.3 Å². The highest BCUT2D eigenvalue weighted by Crippen LogP contribution is 2.25. The van der Waals surface area contributed by atoms with Crippen molar-refractivity contribution in [2.24, 2.45) is 0 Å². The predicted octanol–water partition coefficient (Wildman–Crippen LogP) is 3.34. The fourth-order valence-electron chi connectivity index (χ4n) is 3.03. The van der Waals surface area contributed by atoms with Gasteiger partial charge in [-0.05, 0) is 49.6 Å². The molecule has 1 N–H and O–H groups in total. The maximum atomic E-state index is 12.5. The van der Waals surface area contributed by atoms with Crippen molar-refractivity contribution >= 4 is 17.2 Å². The second kappa shape index (κ2) is 9.16. The normalized spacial score (nSPS) is 16.4. The fraction of sp³-hybridized carbons (Fsp3) is 0.450. The Morgan fingerprint density at radius 1 is 1.23 bits per heavy atom. The Bertz CT molecular complexity index is 680. The second-order valence-electron chi connectivity index (χ2n) is 6.58. The molecule has 1 fully saturated rings. The van der Waals surface area contributed by atoms with Crippen LogP contribution in [0.1, 0.15) is 35.1 Å². The van der Waals surface area contributed by atoms with Crippen LogP contribution in [0.2, 0.25) is 0 Å². The first kappa shape index (κ1) is 18.9. The highest BCUT2D eigenvalue weighted by Gasteiger charge is 2.24. The van der Waals surface area contributed by atoms with Crippen molar-refractivity contribution in [1.29, 1.82) is 0 Å². The van der Waals surface area contributed by atoms with Crippen molar-refractivity contribution in [3.8, 4) is 5.75 Å². The third kappa shape index (κ3) is 5.06. The number of nitrogens with zero attached hydrogens (tertiary/aromatic N) is 1. The van der Waals surface area contributed by atoms with Gasteiger partial charge < -0.3 is 14.8 Å². The maximum Gasteiger partial charge on any atom is 0.251 e. The summed E-state index contributed by atoms with van der Waals surface area (Å²) in [6.45, 7) is 7.82. The highest BCUT2D eigenvalue weighted by molar-refractivity contribution is 7.10. The zero-order valence-electron chi connectivity index (χ0n) is 15.3. The first-order valence-electron chi connectivity index (χ1n) is 9.03. The summed E-state index contributed by atoms with van der Waals surface area (Å²) in [5, 5.41) is 5.17. The van der Waals surface area contributed by atoms with Crippen LogP contribution < -0.4 is 10.1 Å². The first-order valence-corrected chi connectivity index (χ1v) is 9.91. The van der Waals surface area contributed by atoms with E-state index in [0.29, 0.717) is 12.1 Å². The zero-order valence-corrected chi connectivity index (χ0v) is 16.1. The molecule has 3 rings (SSSR count). The molecule has 1 saturated heterocycles. The summed E-state index contributed by atoms with van der Waals surface area (Å²) >= 11 is 1.73. The summed E-state index contributed by atoms with van der Waals surface area (Å²) in [4.78, 5) is 16.2. The molecule has 0 aliphatic carbocycles. The molecule has 1 aliphatic rings. The monoisotopic (exact) mass is 374 g/mol. The van der Waals surface area contributed by atoms with Crippen molar-refractivity contribution < 1.29 is 14.3 Å². The molecular formula is C20H26N2O3S. The van der Waals surface area contributed by atoms with Gasteiger partial charge >= 0.3 is 0 Å². The van der Waals surface area contributed by atoms with E-state index in [0.717, 1.165) is 32.1 Å². The number of amides is 1. The van der Waals surface area contributed by atoms with Crippen LogP contribution in [-0.2, 0) is 4.74 Å². The standard InChI is InChI=1S/C20H26N2O3S/c1-15(2)25-17-7-5-16(6-8-17)20(23)21-14-18(19-4-3-13-26-19)22-9-11-24-12-10-22/h3-8,13,15,18H,9-12,14H2,1-2H3,(H,21,23)/t18-/m0/s1. The molecule has 2 heterocycles. The lowest BCUT2D eigenvalue weighted by Crippen LogP contribution is -2.43. The molecule has 0 unspecified atom stereocenters. The molecule has 140 valence electrons. The Morgan fingerprint density at radius 2 is 1.96 bits per heavy atom. The number of carbonyl (C=O) groups is 1. The number of carbonyl (C=O) groups excluding carboxylic acids is 1. The van der Waals surface area contributed by atoms with Crippen LogP contribution in [0.3, 0.4) is 0 Å². The van der Waals surface area contributed by atoms with E-state index in [-0.39, 0.29) is 18.1 Å². The Kier molecular flexibility index (Phi) is 6.66. The molecule has 5 nitrogen and oxygen atoms in total. The minimum absolute atomic E-state index is 0.0593. The first-order chi connectivity index (χ1) is 12.6. The van der Waals surface area contributed by atoms with E-state index >= 15 is 0 Å². The van der Waals surface area contributed by atoms with E-state index < -0.39 is 0 Å². The lowest BCUT2D eigenvalue weighted by molar-refractivity contribution is 0.0169. The van der Waals surface area contributed by atoms with Gasteiger partial charge in [0.05, 0.1) is 25.4 Å². The molecule has 6 heteroatoms. The van der Waals surface area contributed by atoms with Crippen molar-refractivity contribution in [2.75, 3.05) is 32.8 Å². The molecule has 1 aromatic carbocycles. The summed E-state index contributed by atoms with van der Waals surface area (Å²) in [5.74, 6) is 0.720. The average molecular weight is 375 g/mol. The van der Waals surface area contributed by atoms with Gasteiger partial charge in [-0.2, -0.15) is 0 Å². The largest absolute Gasteiger partial charge is 0.491 e. The Balaban J connectivity index is 1.62. The fourth-order valence-corrected chi connectivity index (χ4v) is 3.89. The quantitative estimate of drug-likeness (QED) is 0.808. The minimum Gasteiger partial charge on any atom is -0.491 e. The van der Waals surface area contributed by atoms with Gasteiger partial charge in [-0.3, -0.25) is 9.69 Å².